The number of carbonyl (C=O) groups is 1. The van der Waals surface area contributed by atoms with Crippen molar-refractivity contribution in [1.82, 2.24) is 14.7 Å². The van der Waals surface area contributed by atoms with Crippen LogP contribution in [0.15, 0.2) is 24.3 Å². The average molecular weight is 231 g/mol. The van der Waals surface area contributed by atoms with Gasteiger partial charge in [0.2, 0.25) is 0 Å². The van der Waals surface area contributed by atoms with E-state index in [9.17, 15) is 4.79 Å². The molecule has 0 radical (unpaired) electrons. The van der Waals surface area contributed by atoms with E-state index in [0.29, 0.717) is 5.69 Å². The van der Waals surface area contributed by atoms with Gasteiger partial charge in [0.25, 0.3) is 0 Å². The number of nitrogens with zero attached hydrogens (tertiary/aromatic N) is 3. The first-order valence-corrected chi connectivity index (χ1v) is 5.71. The summed E-state index contributed by atoms with van der Waals surface area (Å²) < 4.78 is 1.91. The number of aromatic nitrogens is 2. The minimum atomic E-state index is 0.0183. The second-order valence-electron chi connectivity index (χ2n) is 4.45. The van der Waals surface area contributed by atoms with Crippen LogP contribution < -0.4 is 0 Å². The Balaban J connectivity index is 2.45. The third-order valence-electron chi connectivity index (χ3n) is 2.75. The van der Waals surface area contributed by atoms with Crippen LogP contribution >= 0.6 is 0 Å². The molecule has 0 N–H and O–H groups in total. The van der Waals surface area contributed by atoms with Crippen molar-refractivity contribution >= 4 is 16.7 Å². The monoisotopic (exact) mass is 231 g/mol. The number of benzene rings is 1. The lowest BCUT2D eigenvalue weighted by atomic mass is 10.2. The standard InChI is InChI=1S/C13H17N3O/c1-10(17)13-11-6-4-5-7-12(11)16(14-13)9-8-15(2)3/h4-7H,8-9H2,1-3H3. The van der Waals surface area contributed by atoms with Crippen LogP contribution in [0.3, 0.4) is 0 Å². The van der Waals surface area contributed by atoms with Crippen molar-refractivity contribution in [2.24, 2.45) is 0 Å². The number of Topliss-reactive ketones (excluding diaryl/α,β-unsaturated/α-hetero) is 1. The molecule has 0 saturated heterocycles. The summed E-state index contributed by atoms with van der Waals surface area (Å²) in [7, 11) is 4.05. The zero-order chi connectivity index (χ0) is 12.4. The number of para-hydroxylation sites is 1. The topological polar surface area (TPSA) is 38.1 Å². The van der Waals surface area contributed by atoms with Crippen molar-refractivity contribution in [1.29, 1.82) is 0 Å². The number of rotatable bonds is 4. The van der Waals surface area contributed by atoms with Crippen molar-refractivity contribution in [3.8, 4) is 0 Å². The SMILES string of the molecule is CC(=O)c1nn(CCN(C)C)c2ccccc12. The predicted molar refractivity (Wildman–Crippen MR) is 68.3 cm³/mol. The van der Waals surface area contributed by atoms with Crippen LogP contribution in [0.2, 0.25) is 0 Å². The van der Waals surface area contributed by atoms with Crippen LogP contribution in [0.4, 0.5) is 0 Å². The molecule has 2 aromatic rings. The number of carbonyl (C=O) groups excluding carboxylic acids is 1. The number of ketones is 1. The molecule has 0 unspecified atom stereocenters. The van der Waals surface area contributed by atoms with Gasteiger partial charge >= 0.3 is 0 Å². The van der Waals surface area contributed by atoms with Gasteiger partial charge in [0.1, 0.15) is 5.69 Å². The van der Waals surface area contributed by atoms with Crippen molar-refractivity contribution in [2.45, 2.75) is 13.5 Å². The first kappa shape index (κ1) is 11.8. The van der Waals surface area contributed by atoms with Crippen molar-refractivity contribution < 1.29 is 4.79 Å². The quantitative estimate of drug-likeness (QED) is 0.753. The Morgan fingerprint density at radius 3 is 2.71 bits per heavy atom. The third kappa shape index (κ3) is 2.36. The van der Waals surface area contributed by atoms with Crippen LogP contribution in [-0.4, -0.2) is 41.1 Å². The fraction of sp³-hybridized carbons (Fsp3) is 0.385. The highest BCUT2D eigenvalue weighted by Crippen LogP contribution is 2.18. The molecule has 1 aromatic carbocycles. The maximum atomic E-state index is 11.5. The van der Waals surface area contributed by atoms with Gasteiger partial charge in [0, 0.05) is 18.9 Å². The first-order chi connectivity index (χ1) is 8.09. The molecule has 1 aromatic heterocycles. The molecule has 4 heteroatoms. The molecule has 0 amide bonds. The van der Waals surface area contributed by atoms with Crippen LogP contribution in [-0.2, 0) is 6.54 Å². The summed E-state index contributed by atoms with van der Waals surface area (Å²) in [5.41, 5.74) is 1.60. The Hall–Kier alpha value is -1.68. The van der Waals surface area contributed by atoms with E-state index >= 15 is 0 Å². The van der Waals surface area contributed by atoms with Gasteiger partial charge < -0.3 is 4.90 Å². The second-order valence-corrected chi connectivity index (χ2v) is 4.45. The van der Waals surface area contributed by atoms with Gasteiger partial charge in [-0.15, -0.1) is 0 Å². The maximum absolute atomic E-state index is 11.5. The zero-order valence-corrected chi connectivity index (χ0v) is 10.5. The number of fused-ring (bicyclic) bond motifs is 1. The van der Waals surface area contributed by atoms with Crippen LogP contribution in [0.25, 0.3) is 10.9 Å². The molecule has 0 fully saturated rings. The van der Waals surface area contributed by atoms with Gasteiger partial charge in [0.15, 0.2) is 5.78 Å². The Morgan fingerprint density at radius 2 is 2.06 bits per heavy atom. The van der Waals surface area contributed by atoms with E-state index in [2.05, 4.69) is 10.00 Å². The normalized spacial score (nSPS) is 11.3. The van der Waals surface area contributed by atoms with Gasteiger partial charge in [-0.25, -0.2) is 0 Å². The number of hydrogen-bond donors (Lipinski definition) is 0. The maximum Gasteiger partial charge on any atom is 0.180 e. The minimum Gasteiger partial charge on any atom is -0.308 e. The van der Waals surface area contributed by atoms with E-state index < -0.39 is 0 Å². The number of likely N-dealkylation sites (N-methyl/N-ethyl adjacent to an activating group) is 1. The van der Waals surface area contributed by atoms with Gasteiger partial charge in [-0.05, 0) is 20.2 Å². The molecule has 0 saturated carbocycles. The lowest BCUT2D eigenvalue weighted by Crippen LogP contribution is -2.19. The molecule has 0 aliphatic heterocycles. The third-order valence-corrected chi connectivity index (χ3v) is 2.75. The fourth-order valence-corrected chi connectivity index (χ4v) is 1.85. The number of hydrogen-bond acceptors (Lipinski definition) is 3. The largest absolute Gasteiger partial charge is 0.308 e. The van der Waals surface area contributed by atoms with Crippen LogP contribution in [0.5, 0.6) is 0 Å². The summed E-state index contributed by atoms with van der Waals surface area (Å²) in [6, 6.07) is 7.86. The zero-order valence-electron chi connectivity index (χ0n) is 10.5. The Kier molecular flexibility index (Phi) is 3.24. The van der Waals surface area contributed by atoms with Crippen LogP contribution in [0.1, 0.15) is 17.4 Å². The highest BCUT2D eigenvalue weighted by molar-refractivity contribution is 6.04. The molecule has 4 nitrogen and oxygen atoms in total. The molecule has 17 heavy (non-hydrogen) atoms. The van der Waals surface area contributed by atoms with Gasteiger partial charge in [-0.3, -0.25) is 9.48 Å². The van der Waals surface area contributed by atoms with E-state index in [1.54, 1.807) is 6.92 Å². The highest BCUT2D eigenvalue weighted by atomic mass is 16.1. The van der Waals surface area contributed by atoms with Gasteiger partial charge in [-0.2, -0.15) is 5.10 Å². The molecular formula is C13H17N3O. The summed E-state index contributed by atoms with van der Waals surface area (Å²) in [5, 5.41) is 5.34. The summed E-state index contributed by atoms with van der Waals surface area (Å²) in [6.07, 6.45) is 0. The summed E-state index contributed by atoms with van der Waals surface area (Å²) in [5.74, 6) is 0.0183. The average Bonchev–Trinajstić information content (AvgIpc) is 2.65. The minimum absolute atomic E-state index is 0.0183. The highest BCUT2D eigenvalue weighted by Gasteiger charge is 2.12. The molecule has 0 atom stereocenters. The van der Waals surface area contributed by atoms with E-state index in [4.69, 9.17) is 0 Å². The molecule has 0 aliphatic rings. The molecule has 0 spiro atoms. The van der Waals surface area contributed by atoms with Crippen molar-refractivity contribution in [3.05, 3.63) is 30.0 Å². The lowest BCUT2D eigenvalue weighted by Gasteiger charge is -2.09. The first-order valence-electron chi connectivity index (χ1n) is 5.71. The molecule has 90 valence electrons. The Bertz CT molecular complexity index is 543. The molecule has 0 bridgehead atoms. The van der Waals surface area contributed by atoms with Crippen LogP contribution in [0, 0.1) is 0 Å². The van der Waals surface area contributed by atoms with Crippen molar-refractivity contribution in [3.63, 3.8) is 0 Å². The lowest BCUT2D eigenvalue weighted by molar-refractivity contribution is 0.101. The van der Waals surface area contributed by atoms with Gasteiger partial charge in [0.05, 0.1) is 12.1 Å². The van der Waals surface area contributed by atoms with E-state index in [1.807, 2.05) is 43.0 Å². The Morgan fingerprint density at radius 1 is 1.35 bits per heavy atom. The second kappa shape index (κ2) is 4.67. The fourth-order valence-electron chi connectivity index (χ4n) is 1.85. The van der Waals surface area contributed by atoms with Gasteiger partial charge in [-0.1, -0.05) is 18.2 Å². The molecule has 2 rings (SSSR count). The summed E-state index contributed by atoms with van der Waals surface area (Å²) >= 11 is 0. The molecule has 0 aliphatic carbocycles. The predicted octanol–water partition coefficient (Wildman–Crippen LogP) is 1.80. The summed E-state index contributed by atoms with van der Waals surface area (Å²) in [6.45, 7) is 3.26. The van der Waals surface area contributed by atoms with E-state index in [1.165, 1.54) is 0 Å². The Labute approximate surface area is 101 Å². The summed E-state index contributed by atoms with van der Waals surface area (Å²) in [4.78, 5) is 13.6. The van der Waals surface area contributed by atoms with E-state index in [0.717, 1.165) is 24.0 Å². The van der Waals surface area contributed by atoms with E-state index in [-0.39, 0.29) is 5.78 Å². The van der Waals surface area contributed by atoms with Crippen molar-refractivity contribution in [2.75, 3.05) is 20.6 Å². The molecule has 1 heterocycles. The smallest absolute Gasteiger partial charge is 0.180 e. The molecular weight excluding hydrogens is 214 g/mol.